The van der Waals surface area contributed by atoms with E-state index >= 15 is 0 Å². The van der Waals surface area contributed by atoms with E-state index in [-0.39, 0.29) is 18.4 Å². The number of rotatable bonds is 10. The standard InChI is InChI=1S/C32H39NO4.ClH/c1-31(2,30(35)36)25-20-18-24(19-21-25)28(34)16-11-23-33-22-10-9-17-29(33)32(37,26-12-5-3-6-13-26)27-14-7-4-8-15-27;/h3-8,12-15,18-21,28-29,34,37H,9-11,16-17,22-23H2,1-2H3,(H,35,36);1H. The molecule has 0 aromatic heterocycles. The van der Waals surface area contributed by atoms with Gasteiger partial charge in [0.2, 0.25) is 0 Å². The van der Waals surface area contributed by atoms with Gasteiger partial charge in [-0.15, -0.1) is 12.4 Å². The molecule has 2 unspecified atom stereocenters. The van der Waals surface area contributed by atoms with Gasteiger partial charge in [-0.2, -0.15) is 0 Å². The first kappa shape index (κ1) is 29.9. The summed E-state index contributed by atoms with van der Waals surface area (Å²) in [6.07, 6.45) is 3.85. The van der Waals surface area contributed by atoms with E-state index in [0.29, 0.717) is 12.0 Å². The Morgan fingerprint density at radius 3 is 1.97 bits per heavy atom. The number of carboxylic acids is 1. The summed E-state index contributed by atoms with van der Waals surface area (Å²) >= 11 is 0. The number of aliphatic hydroxyl groups is 2. The van der Waals surface area contributed by atoms with Crippen molar-refractivity contribution < 1.29 is 20.1 Å². The quantitative estimate of drug-likeness (QED) is 0.292. The van der Waals surface area contributed by atoms with E-state index in [9.17, 15) is 20.1 Å². The van der Waals surface area contributed by atoms with E-state index in [1.807, 2.05) is 72.8 Å². The summed E-state index contributed by atoms with van der Waals surface area (Å²) < 4.78 is 0. The molecule has 3 N–H and O–H groups in total. The van der Waals surface area contributed by atoms with Crippen molar-refractivity contribution in [1.29, 1.82) is 0 Å². The number of aliphatic carboxylic acids is 1. The highest BCUT2D eigenvalue weighted by Gasteiger charge is 2.44. The van der Waals surface area contributed by atoms with E-state index in [2.05, 4.69) is 4.90 Å². The zero-order valence-corrected chi connectivity index (χ0v) is 23.1. The van der Waals surface area contributed by atoms with Crippen LogP contribution in [0, 0.1) is 0 Å². The van der Waals surface area contributed by atoms with Crippen molar-refractivity contribution in [1.82, 2.24) is 4.90 Å². The highest BCUT2D eigenvalue weighted by molar-refractivity contribution is 5.85. The summed E-state index contributed by atoms with van der Waals surface area (Å²) in [5, 5.41) is 32.6. The first-order chi connectivity index (χ1) is 17.7. The van der Waals surface area contributed by atoms with Gasteiger partial charge in [-0.1, -0.05) is 91.3 Å². The molecule has 0 saturated carbocycles. The molecule has 1 aliphatic heterocycles. The largest absolute Gasteiger partial charge is 0.481 e. The number of nitrogens with zero attached hydrogens (tertiary/aromatic N) is 1. The molecule has 0 amide bonds. The van der Waals surface area contributed by atoms with E-state index in [1.165, 1.54) is 0 Å². The van der Waals surface area contributed by atoms with Crippen LogP contribution >= 0.6 is 12.4 Å². The maximum absolute atomic E-state index is 12.3. The summed E-state index contributed by atoms with van der Waals surface area (Å²) in [6.45, 7) is 5.07. The van der Waals surface area contributed by atoms with Crippen LogP contribution in [-0.2, 0) is 15.8 Å². The lowest BCUT2D eigenvalue weighted by atomic mass is 9.76. The van der Waals surface area contributed by atoms with Crippen LogP contribution in [-0.4, -0.2) is 45.3 Å². The predicted molar refractivity (Wildman–Crippen MR) is 154 cm³/mol. The number of carboxylic acid groups (broad SMARTS) is 1. The normalized spacial score (nSPS) is 17.4. The van der Waals surface area contributed by atoms with Crippen molar-refractivity contribution in [3.05, 3.63) is 107 Å². The number of piperidine rings is 1. The maximum atomic E-state index is 12.3. The van der Waals surface area contributed by atoms with Crippen LogP contribution in [0.4, 0.5) is 0 Å². The second kappa shape index (κ2) is 12.9. The fourth-order valence-corrected chi connectivity index (χ4v) is 5.57. The molecule has 1 fully saturated rings. The zero-order chi connectivity index (χ0) is 26.5. The Balaban J connectivity index is 0.00000400. The Labute approximate surface area is 232 Å². The minimum Gasteiger partial charge on any atom is -0.481 e. The van der Waals surface area contributed by atoms with Crippen LogP contribution in [0.25, 0.3) is 0 Å². The lowest BCUT2D eigenvalue weighted by molar-refractivity contribution is -0.142. The molecule has 1 aliphatic rings. The molecule has 0 spiro atoms. The van der Waals surface area contributed by atoms with Crippen LogP contribution in [0.2, 0.25) is 0 Å². The van der Waals surface area contributed by atoms with Gasteiger partial charge in [-0.3, -0.25) is 9.69 Å². The zero-order valence-electron chi connectivity index (χ0n) is 22.3. The van der Waals surface area contributed by atoms with Crippen LogP contribution in [0.1, 0.15) is 74.3 Å². The summed E-state index contributed by atoms with van der Waals surface area (Å²) in [7, 11) is 0. The molecule has 2 atom stereocenters. The molecule has 3 aromatic rings. The van der Waals surface area contributed by atoms with Gasteiger partial charge in [-0.25, -0.2) is 0 Å². The monoisotopic (exact) mass is 537 g/mol. The summed E-state index contributed by atoms with van der Waals surface area (Å²) in [5.74, 6) is -0.872. The van der Waals surface area contributed by atoms with E-state index < -0.39 is 23.1 Å². The molecule has 5 nitrogen and oxygen atoms in total. The average molecular weight is 538 g/mol. The third-order valence-corrected chi connectivity index (χ3v) is 8.00. The summed E-state index contributed by atoms with van der Waals surface area (Å²) in [6, 6.07) is 27.1. The topological polar surface area (TPSA) is 81.0 Å². The van der Waals surface area contributed by atoms with Crippen LogP contribution in [0.3, 0.4) is 0 Å². The Morgan fingerprint density at radius 1 is 0.895 bits per heavy atom. The van der Waals surface area contributed by atoms with Gasteiger partial charge in [0.25, 0.3) is 0 Å². The third kappa shape index (κ3) is 6.29. The molecule has 6 heteroatoms. The van der Waals surface area contributed by atoms with Gasteiger partial charge in [0.1, 0.15) is 5.60 Å². The lowest BCUT2D eigenvalue weighted by Crippen LogP contribution is -2.54. The fraction of sp³-hybridized carbons (Fsp3) is 0.406. The predicted octanol–water partition coefficient (Wildman–Crippen LogP) is 6.07. The van der Waals surface area contributed by atoms with Crippen molar-refractivity contribution in [2.75, 3.05) is 13.1 Å². The van der Waals surface area contributed by atoms with Gasteiger partial charge < -0.3 is 15.3 Å². The Hall–Kier alpha value is -2.70. The molecule has 1 saturated heterocycles. The minimum atomic E-state index is -1.12. The number of aliphatic hydroxyl groups excluding tert-OH is 1. The number of hydrogen-bond acceptors (Lipinski definition) is 4. The maximum Gasteiger partial charge on any atom is 0.313 e. The average Bonchev–Trinajstić information content (AvgIpc) is 2.93. The van der Waals surface area contributed by atoms with Crippen LogP contribution in [0.15, 0.2) is 84.9 Å². The summed E-state index contributed by atoms with van der Waals surface area (Å²) in [5.41, 5.74) is 1.23. The molecule has 3 aromatic carbocycles. The molecule has 38 heavy (non-hydrogen) atoms. The molecule has 0 radical (unpaired) electrons. The Morgan fingerprint density at radius 2 is 1.45 bits per heavy atom. The highest BCUT2D eigenvalue weighted by atomic mass is 35.5. The van der Waals surface area contributed by atoms with Gasteiger partial charge in [0.05, 0.1) is 11.5 Å². The van der Waals surface area contributed by atoms with Gasteiger partial charge in [0.15, 0.2) is 0 Å². The van der Waals surface area contributed by atoms with E-state index in [1.54, 1.807) is 26.0 Å². The van der Waals surface area contributed by atoms with Crippen molar-refractivity contribution in [2.45, 2.75) is 69.1 Å². The lowest BCUT2D eigenvalue weighted by Gasteiger charge is -2.46. The number of hydrogen-bond donors (Lipinski definition) is 3. The molecular weight excluding hydrogens is 498 g/mol. The summed E-state index contributed by atoms with van der Waals surface area (Å²) in [4.78, 5) is 13.9. The van der Waals surface area contributed by atoms with Crippen molar-refractivity contribution in [3.63, 3.8) is 0 Å². The van der Waals surface area contributed by atoms with Crippen LogP contribution < -0.4 is 0 Å². The number of likely N-dealkylation sites (tertiary alicyclic amines) is 1. The highest BCUT2D eigenvalue weighted by Crippen LogP contribution is 2.40. The smallest absolute Gasteiger partial charge is 0.313 e. The fourth-order valence-electron chi connectivity index (χ4n) is 5.57. The molecular formula is C32H40ClNO4. The number of carbonyl (C=O) groups is 1. The molecule has 0 bridgehead atoms. The van der Waals surface area contributed by atoms with E-state index in [4.69, 9.17) is 0 Å². The second-order valence-electron chi connectivity index (χ2n) is 10.8. The Bertz CT molecular complexity index is 1110. The van der Waals surface area contributed by atoms with Crippen molar-refractivity contribution in [3.8, 4) is 0 Å². The number of benzene rings is 3. The van der Waals surface area contributed by atoms with Crippen LogP contribution in [0.5, 0.6) is 0 Å². The van der Waals surface area contributed by atoms with Crippen molar-refractivity contribution >= 4 is 18.4 Å². The minimum absolute atomic E-state index is 0. The first-order valence-electron chi connectivity index (χ1n) is 13.3. The third-order valence-electron chi connectivity index (χ3n) is 8.00. The van der Waals surface area contributed by atoms with Gasteiger partial charge in [-0.05, 0) is 74.9 Å². The molecule has 204 valence electrons. The molecule has 4 rings (SSSR count). The van der Waals surface area contributed by atoms with Gasteiger partial charge in [0, 0.05) is 6.04 Å². The van der Waals surface area contributed by atoms with Crippen molar-refractivity contribution in [2.24, 2.45) is 0 Å². The number of halogens is 1. The van der Waals surface area contributed by atoms with Gasteiger partial charge >= 0.3 is 5.97 Å². The molecule has 0 aliphatic carbocycles. The SMILES string of the molecule is CC(C)(C(=O)O)c1ccc(C(O)CCCN2CCCCC2C(O)(c2ccccc2)c2ccccc2)cc1.Cl. The van der Waals surface area contributed by atoms with E-state index in [0.717, 1.165) is 55.5 Å². The second-order valence-corrected chi connectivity index (χ2v) is 10.8. The molecule has 1 heterocycles. The Kier molecular flexibility index (Phi) is 10.1. The first-order valence-corrected chi connectivity index (χ1v) is 13.3.